The molecule has 0 spiro atoms. The smallest absolute Gasteiger partial charge is 0.273 e. The molecular formula is C14H19ClN6O2. The van der Waals surface area contributed by atoms with E-state index in [0.29, 0.717) is 28.6 Å². The van der Waals surface area contributed by atoms with Crippen molar-refractivity contribution in [1.29, 1.82) is 0 Å². The second-order valence-corrected chi connectivity index (χ2v) is 5.61. The zero-order valence-corrected chi connectivity index (χ0v) is 14.3. The second kappa shape index (κ2) is 6.82. The number of rotatable bonds is 5. The van der Waals surface area contributed by atoms with Gasteiger partial charge in [0.1, 0.15) is 12.2 Å². The van der Waals surface area contributed by atoms with E-state index in [1.807, 2.05) is 6.92 Å². The van der Waals surface area contributed by atoms with Crippen molar-refractivity contribution in [2.24, 2.45) is 0 Å². The fraction of sp³-hybridized carbons (Fsp3) is 0.429. The first-order valence-electron chi connectivity index (χ1n) is 7.10. The lowest BCUT2D eigenvalue weighted by molar-refractivity contribution is -0.116. The van der Waals surface area contributed by atoms with Gasteiger partial charge in [0, 0.05) is 20.6 Å². The van der Waals surface area contributed by atoms with Crippen LogP contribution in [0.15, 0.2) is 12.4 Å². The Bertz CT molecular complexity index is 734. The first kappa shape index (κ1) is 17.0. The Morgan fingerprint density at radius 1 is 1.26 bits per heavy atom. The molecule has 2 aromatic rings. The lowest BCUT2D eigenvalue weighted by atomic mass is 10.3. The molecule has 0 unspecified atom stereocenters. The first-order valence-corrected chi connectivity index (χ1v) is 7.48. The largest absolute Gasteiger partial charge is 0.343 e. The summed E-state index contributed by atoms with van der Waals surface area (Å²) in [7, 11) is 3.30. The molecule has 2 heterocycles. The molecule has 0 bridgehead atoms. The van der Waals surface area contributed by atoms with Crippen molar-refractivity contribution in [1.82, 2.24) is 24.5 Å². The Balaban J connectivity index is 2.19. The Hall–Kier alpha value is -2.35. The van der Waals surface area contributed by atoms with Crippen LogP contribution in [0.25, 0.3) is 0 Å². The average molecular weight is 339 g/mol. The van der Waals surface area contributed by atoms with E-state index in [-0.39, 0.29) is 18.4 Å². The van der Waals surface area contributed by atoms with Gasteiger partial charge in [0.2, 0.25) is 5.91 Å². The summed E-state index contributed by atoms with van der Waals surface area (Å²) in [4.78, 5) is 25.9. The molecule has 2 rings (SSSR count). The van der Waals surface area contributed by atoms with Gasteiger partial charge in [0.25, 0.3) is 5.91 Å². The van der Waals surface area contributed by atoms with E-state index in [1.54, 1.807) is 25.7 Å². The maximum atomic E-state index is 12.3. The van der Waals surface area contributed by atoms with Gasteiger partial charge in [-0.2, -0.15) is 10.2 Å². The highest BCUT2D eigenvalue weighted by atomic mass is 35.5. The van der Waals surface area contributed by atoms with Gasteiger partial charge < -0.3 is 10.2 Å². The van der Waals surface area contributed by atoms with Gasteiger partial charge >= 0.3 is 0 Å². The summed E-state index contributed by atoms with van der Waals surface area (Å²) in [5.74, 6) is -0.533. The predicted molar refractivity (Wildman–Crippen MR) is 86.5 cm³/mol. The van der Waals surface area contributed by atoms with Crippen molar-refractivity contribution < 1.29 is 9.59 Å². The summed E-state index contributed by atoms with van der Waals surface area (Å²) < 4.78 is 3.04. The summed E-state index contributed by atoms with van der Waals surface area (Å²) in [6.45, 7) is 4.18. The molecule has 0 aliphatic heterocycles. The van der Waals surface area contributed by atoms with Crippen LogP contribution in [0.2, 0.25) is 5.02 Å². The second-order valence-electron chi connectivity index (χ2n) is 5.21. The van der Waals surface area contributed by atoms with Crippen molar-refractivity contribution >= 4 is 29.1 Å². The van der Waals surface area contributed by atoms with Crippen LogP contribution in [0, 0.1) is 6.92 Å². The van der Waals surface area contributed by atoms with E-state index in [9.17, 15) is 9.59 Å². The summed E-state index contributed by atoms with van der Waals surface area (Å²) in [5, 5.41) is 11.4. The topological polar surface area (TPSA) is 85.0 Å². The minimum Gasteiger partial charge on any atom is -0.343 e. The highest BCUT2D eigenvalue weighted by Gasteiger charge is 2.21. The maximum Gasteiger partial charge on any atom is 0.273 e. The molecule has 8 nitrogen and oxygen atoms in total. The summed E-state index contributed by atoms with van der Waals surface area (Å²) in [6, 6.07) is 0. The standard InChI is InChI=1S/C14H19ClN6O2/c1-5-20-13(14(23)19(3)4)11(7-17-20)18-12(22)8-21-9(2)10(15)6-16-21/h6-7H,5,8H2,1-4H3,(H,18,22). The van der Waals surface area contributed by atoms with Crippen LogP contribution in [0.3, 0.4) is 0 Å². The number of nitrogens with one attached hydrogen (secondary N) is 1. The number of hydrogen-bond acceptors (Lipinski definition) is 4. The monoisotopic (exact) mass is 338 g/mol. The van der Waals surface area contributed by atoms with Gasteiger partial charge in [-0.05, 0) is 13.8 Å². The summed E-state index contributed by atoms with van der Waals surface area (Å²) in [5.41, 5.74) is 1.43. The quantitative estimate of drug-likeness (QED) is 0.893. The maximum absolute atomic E-state index is 12.3. The Kier molecular flexibility index (Phi) is 5.05. The predicted octanol–water partition coefficient (Wildman–Crippen LogP) is 1.40. The Morgan fingerprint density at radius 3 is 2.43 bits per heavy atom. The lowest BCUT2D eigenvalue weighted by Gasteiger charge is -2.13. The fourth-order valence-corrected chi connectivity index (χ4v) is 2.20. The third-order valence-electron chi connectivity index (χ3n) is 3.36. The van der Waals surface area contributed by atoms with Crippen LogP contribution in [-0.4, -0.2) is 50.4 Å². The molecule has 0 aliphatic rings. The summed E-state index contributed by atoms with van der Waals surface area (Å²) in [6.07, 6.45) is 2.96. The van der Waals surface area contributed by atoms with Gasteiger partial charge in [0.05, 0.1) is 28.8 Å². The van der Waals surface area contributed by atoms with E-state index in [2.05, 4.69) is 15.5 Å². The van der Waals surface area contributed by atoms with Crippen molar-refractivity contribution in [2.45, 2.75) is 26.9 Å². The van der Waals surface area contributed by atoms with E-state index >= 15 is 0 Å². The number of nitrogens with zero attached hydrogens (tertiary/aromatic N) is 5. The van der Waals surface area contributed by atoms with Gasteiger partial charge in [0.15, 0.2) is 0 Å². The van der Waals surface area contributed by atoms with Gasteiger partial charge in [-0.15, -0.1) is 0 Å². The van der Waals surface area contributed by atoms with E-state index in [1.165, 1.54) is 22.0 Å². The molecule has 0 saturated heterocycles. The molecule has 124 valence electrons. The van der Waals surface area contributed by atoms with Crippen molar-refractivity contribution in [2.75, 3.05) is 19.4 Å². The fourth-order valence-electron chi connectivity index (χ4n) is 2.06. The third kappa shape index (κ3) is 3.53. The minimum atomic E-state index is -0.309. The zero-order valence-electron chi connectivity index (χ0n) is 13.5. The number of carbonyl (C=O) groups is 2. The van der Waals surface area contributed by atoms with Crippen LogP contribution in [0.1, 0.15) is 23.1 Å². The minimum absolute atomic E-state index is 0.00541. The molecule has 1 N–H and O–H groups in total. The molecule has 0 aromatic carbocycles. The normalized spacial score (nSPS) is 10.7. The van der Waals surface area contributed by atoms with Crippen LogP contribution in [-0.2, 0) is 17.9 Å². The van der Waals surface area contributed by atoms with Crippen LogP contribution in [0.5, 0.6) is 0 Å². The molecule has 0 atom stereocenters. The Morgan fingerprint density at radius 2 is 1.91 bits per heavy atom. The number of anilines is 1. The number of carbonyl (C=O) groups excluding carboxylic acids is 2. The van der Waals surface area contributed by atoms with E-state index in [4.69, 9.17) is 11.6 Å². The highest BCUT2D eigenvalue weighted by Crippen LogP contribution is 2.17. The van der Waals surface area contributed by atoms with Crippen molar-refractivity contribution in [3.8, 4) is 0 Å². The Labute approximate surface area is 139 Å². The first-order chi connectivity index (χ1) is 10.8. The average Bonchev–Trinajstić information content (AvgIpc) is 3.04. The number of hydrogen-bond donors (Lipinski definition) is 1. The molecule has 0 saturated carbocycles. The van der Waals surface area contributed by atoms with Crippen molar-refractivity contribution in [3.05, 3.63) is 28.8 Å². The third-order valence-corrected chi connectivity index (χ3v) is 3.73. The molecule has 23 heavy (non-hydrogen) atoms. The van der Waals surface area contributed by atoms with Crippen molar-refractivity contribution in [3.63, 3.8) is 0 Å². The molecule has 0 fully saturated rings. The zero-order chi connectivity index (χ0) is 17.1. The number of halogens is 1. The molecule has 0 radical (unpaired) electrons. The number of amides is 2. The molecule has 0 aliphatic carbocycles. The van der Waals surface area contributed by atoms with Gasteiger partial charge in [-0.25, -0.2) is 0 Å². The van der Waals surface area contributed by atoms with Gasteiger partial charge in [-0.3, -0.25) is 19.0 Å². The number of aromatic nitrogens is 4. The lowest BCUT2D eigenvalue weighted by Crippen LogP contribution is -2.27. The molecule has 9 heteroatoms. The van der Waals surface area contributed by atoms with Crippen LogP contribution in [0.4, 0.5) is 5.69 Å². The van der Waals surface area contributed by atoms with Crippen LogP contribution < -0.4 is 5.32 Å². The number of aryl methyl sites for hydroxylation is 1. The summed E-state index contributed by atoms with van der Waals surface area (Å²) >= 11 is 5.92. The molecule has 2 aromatic heterocycles. The molecular weight excluding hydrogens is 320 g/mol. The SMILES string of the molecule is CCn1ncc(NC(=O)Cn2ncc(Cl)c2C)c1C(=O)N(C)C. The van der Waals surface area contributed by atoms with Gasteiger partial charge in [-0.1, -0.05) is 11.6 Å². The van der Waals surface area contributed by atoms with Crippen LogP contribution >= 0.6 is 11.6 Å². The van der Waals surface area contributed by atoms with E-state index in [0.717, 1.165) is 0 Å². The van der Waals surface area contributed by atoms with E-state index < -0.39 is 0 Å². The highest BCUT2D eigenvalue weighted by molar-refractivity contribution is 6.31. The molecule has 2 amide bonds.